The van der Waals surface area contributed by atoms with Gasteiger partial charge in [0.1, 0.15) is 6.54 Å². The van der Waals surface area contributed by atoms with E-state index in [0.717, 1.165) is 15.8 Å². The Bertz CT molecular complexity index is 840. The molecule has 0 atom stereocenters. The lowest BCUT2D eigenvalue weighted by molar-refractivity contribution is -0.116. The summed E-state index contributed by atoms with van der Waals surface area (Å²) < 4.78 is 2.61. The topological polar surface area (TPSA) is 98.7 Å². The fraction of sp³-hybridized carbons (Fsp3) is 0.231. The molecule has 0 saturated carbocycles. The SMILES string of the molecule is CSc1nnc(N)n1CC(=O)Nc1nc2ccc(C)cc2s1. The number of nitrogens with one attached hydrogen (secondary N) is 1. The first-order valence-electron chi connectivity index (χ1n) is 6.46. The number of hydrogen-bond acceptors (Lipinski definition) is 7. The quantitative estimate of drug-likeness (QED) is 0.709. The summed E-state index contributed by atoms with van der Waals surface area (Å²) in [5, 5.41) is 11.6. The largest absolute Gasteiger partial charge is 0.368 e. The molecule has 0 aliphatic heterocycles. The van der Waals surface area contributed by atoms with Gasteiger partial charge in [-0.2, -0.15) is 0 Å². The fourth-order valence-electron chi connectivity index (χ4n) is 1.99. The molecule has 0 radical (unpaired) electrons. The Morgan fingerprint density at radius 3 is 3.05 bits per heavy atom. The van der Waals surface area contributed by atoms with Gasteiger partial charge < -0.3 is 11.1 Å². The standard InChI is InChI=1S/C13H14N6OS2/c1-7-3-4-8-9(5-7)22-12(15-8)16-10(20)6-19-11(14)17-18-13(19)21-2/h3-5H,6H2,1-2H3,(H2,14,17)(H,15,16,20). The van der Waals surface area contributed by atoms with Crippen LogP contribution in [0.5, 0.6) is 0 Å². The summed E-state index contributed by atoms with van der Waals surface area (Å²) in [6.45, 7) is 2.08. The van der Waals surface area contributed by atoms with Crippen molar-refractivity contribution < 1.29 is 4.79 Å². The molecule has 2 heterocycles. The highest BCUT2D eigenvalue weighted by atomic mass is 32.2. The summed E-state index contributed by atoms with van der Waals surface area (Å²) in [4.78, 5) is 16.6. The van der Waals surface area contributed by atoms with E-state index < -0.39 is 0 Å². The van der Waals surface area contributed by atoms with Crippen LogP contribution < -0.4 is 11.1 Å². The first kappa shape index (κ1) is 14.8. The molecule has 3 aromatic rings. The van der Waals surface area contributed by atoms with Crippen molar-refractivity contribution in [3.8, 4) is 0 Å². The van der Waals surface area contributed by atoms with E-state index in [1.807, 2.05) is 31.4 Å². The van der Waals surface area contributed by atoms with Crippen LogP contribution in [0.25, 0.3) is 10.2 Å². The summed E-state index contributed by atoms with van der Waals surface area (Å²) in [7, 11) is 0. The molecule has 7 nitrogen and oxygen atoms in total. The lowest BCUT2D eigenvalue weighted by Gasteiger charge is -2.05. The molecule has 0 spiro atoms. The van der Waals surface area contributed by atoms with E-state index >= 15 is 0 Å². The molecule has 114 valence electrons. The lowest BCUT2D eigenvalue weighted by atomic mass is 10.2. The number of nitrogens with two attached hydrogens (primary N) is 1. The van der Waals surface area contributed by atoms with Crippen molar-refractivity contribution in [3.05, 3.63) is 23.8 Å². The van der Waals surface area contributed by atoms with E-state index in [9.17, 15) is 4.79 Å². The normalized spacial score (nSPS) is 11.0. The van der Waals surface area contributed by atoms with Crippen LogP contribution in [0.1, 0.15) is 5.56 Å². The van der Waals surface area contributed by atoms with Crippen LogP contribution in [-0.4, -0.2) is 31.9 Å². The van der Waals surface area contributed by atoms with E-state index in [2.05, 4.69) is 20.5 Å². The second kappa shape index (κ2) is 5.93. The Morgan fingerprint density at radius 1 is 1.45 bits per heavy atom. The number of carbonyl (C=O) groups is 1. The molecule has 1 amide bonds. The molecule has 0 aliphatic rings. The third-order valence-electron chi connectivity index (χ3n) is 3.02. The maximum Gasteiger partial charge on any atom is 0.246 e. The number of carbonyl (C=O) groups excluding carboxylic acids is 1. The van der Waals surface area contributed by atoms with Crippen molar-refractivity contribution in [2.24, 2.45) is 0 Å². The zero-order valence-electron chi connectivity index (χ0n) is 12.0. The Labute approximate surface area is 134 Å². The Kier molecular flexibility index (Phi) is 3.99. The van der Waals surface area contributed by atoms with Gasteiger partial charge in [0.25, 0.3) is 0 Å². The average Bonchev–Trinajstić information content (AvgIpc) is 3.02. The van der Waals surface area contributed by atoms with Gasteiger partial charge in [0.15, 0.2) is 10.3 Å². The van der Waals surface area contributed by atoms with Gasteiger partial charge in [-0.05, 0) is 30.9 Å². The average molecular weight is 334 g/mol. The van der Waals surface area contributed by atoms with Gasteiger partial charge in [0.05, 0.1) is 10.2 Å². The van der Waals surface area contributed by atoms with Gasteiger partial charge in [-0.3, -0.25) is 9.36 Å². The van der Waals surface area contributed by atoms with Crippen molar-refractivity contribution in [1.29, 1.82) is 0 Å². The maximum atomic E-state index is 12.2. The molecule has 0 aliphatic carbocycles. The number of thioether (sulfide) groups is 1. The molecule has 3 N–H and O–H groups in total. The highest BCUT2D eigenvalue weighted by Crippen LogP contribution is 2.26. The van der Waals surface area contributed by atoms with E-state index in [-0.39, 0.29) is 18.4 Å². The van der Waals surface area contributed by atoms with Crippen molar-refractivity contribution in [2.75, 3.05) is 17.3 Å². The molecule has 3 rings (SSSR count). The van der Waals surface area contributed by atoms with Crippen LogP contribution in [0.3, 0.4) is 0 Å². The number of nitrogen functional groups attached to an aromatic ring is 1. The predicted molar refractivity (Wildman–Crippen MR) is 89.2 cm³/mol. The smallest absolute Gasteiger partial charge is 0.246 e. The molecule has 0 saturated heterocycles. The summed E-state index contributed by atoms with van der Waals surface area (Å²) >= 11 is 2.83. The summed E-state index contributed by atoms with van der Waals surface area (Å²) in [5.74, 6) is 0.0111. The molecule has 0 bridgehead atoms. The first-order chi connectivity index (χ1) is 10.6. The second-order valence-electron chi connectivity index (χ2n) is 4.67. The Balaban J connectivity index is 1.76. The van der Waals surface area contributed by atoms with Crippen molar-refractivity contribution in [3.63, 3.8) is 0 Å². The van der Waals surface area contributed by atoms with Crippen LogP contribution in [0.15, 0.2) is 23.4 Å². The summed E-state index contributed by atoms with van der Waals surface area (Å²) in [6, 6.07) is 5.99. The predicted octanol–water partition coefficient (Wildman–Crippen LogP) is 2.14. The number of benzene rings is 1. The number of aromatic nitrogens is 4. The lowest BCUT2D eigenvalue weighted by Crippen LogP contribution is -2.20. The van der Waals surface area contributed by atoms with Gasteiger partial charge >= 0.3 is 0 Å². The molecule has 0 unspecified atom stereocenters. The van der Waals surface area contributed by atoms with Crippen molar-refractivity contribution in [2.45, 2.75) is 18.6 Å². The molecule has 22 heavy (non-hydrogen) atoms. The molecule has 2 aromatic heterocycles. The minimum Gasteiger partial charge on any atom is -0.368 e. The van der Waals surface area contributed by atoms with Gasteiger partial charge in [-0.1, -0.05) is 29.2 Å². The minimum atomic E-state index is -0.211. The first-order valence-corrected chi connectivity index (χ1v) is 8.50. The number of thiazole rings is 1. The maximum absolute atomic E-state index is 12.2. The van der Waals surface area contributed by atoms with Crippen LogP contribution in [0.2, 0.25) is 0 Å². The van der Waals surface area contributed by atoms with Crippen LogP contribution in [-0.2, 0) is 11.3 Å². The number of rotatable bonds is 4. The number of hydrogen-bond donors (Lipinski definition) is 2. The number of amides is 1. The number of aryl methyl sites for hydroxylation is 1. The second-order valence-corrected chi connectivity index (χ2v) is 6.47. The Morgan fingerprint density at radius 2 is 2.27 bits per heavy atom. The molecular weight excluding hydrogens is 320 g/mol. The fourth-order valence-corrected chi connectivity index (χ4v) is 3.47. The summed E-state index contributed by atoms with van der Waals surface area (Å²) in [5.41, 5.74) is 7.76. The number of fused-ring (bicyclic) bond motifs is 1. The zero-order chi connectivity index (χ0) is 15.7. The number of anilines is 2. The highest BCUT2D eigenvalue weighted by molar-refractivity contribution is 7.98. The number of nitrogens with zero attached hydrogens (tertiary/aromatic N) is 4. The van der Waals surface area contributed by atoms with Gasteiger partial charge in [-0.25, -0.2) is 4.98 Å². The van der Waals surface area contributed by atoms with Crippen molar-refractivity contribution in [1.82, 2.24) is 19.7 Å². The summed E-state index contributed by atoms with van der Waals surface area (Å²) in [6.07, 6.45) is 1.85. The van der Waals surface area contributed by atoms with Gasteiger partial charge in [-0.15, -0.1) is 10.2 Å². The molecular formula is C13H14N6OS2. The Hall–Kier alpha value is -2.13. The van der Waals surface area contributed by atoms with Crippen LogP contribution in [0.4, 0.5) is 11.1 Å². The van der Waals surface area contributed by atoms with Crippen molar-refractivity contribution >= 4 is 50.3 Å². The molecule has 1 aromatic carbocycles. The zero-order valence-corrected chi connectivity index (χ0v) is 13.7. The van der Waals surface area contributed by atoms with E-state index in [1.165, 1.54) is 23.1 Å². The monoisotopic (exact) mass is 334 g/mol. The molecule has 0 fully saturated rings. The van der Waals surface area contributed by atoms with Crippen LogP contribution in [0, 0.1) is 6.92 Å². The van der Waals surface area contributed by atoms with E-state index in [0.29, 0.717) is 10.3 Å². The minimum absolute atomic E-state index is 0.0595. The third kappa shape index (κ3) is 2.90. The third-order valence-corrected chi connectivity index (χ3v) is 4.62. The molecule has 9 heteroatoms. The van der Waals surface area contributed by atoms with E-state index in [4.69, 9.17) is 5.73 Å². The van der Waals surface area contributed by atoms with Gasteiger partial charge in [0.2, 0.25) is 11.9 Å². The van der Waals surface area contributed by atoms with Crippen LogP contribution >= 0.6 is 23.1 Å². The van der Waals surface area contributed by atoms with Gasteiger partial charge in [0, 0.05) is 0 Å². The van der Waals surface area contributed by atoms with E-state index in [1.54, 1.807) is 4.57 Å². The highest BCUT2D eigenvalue weighted by Gasteiger charge is 2.14.